The van der Waals surface area contributed by atoms with E-state index in [4.69, 9.17) is 10.5 Å². The first-order chi connectivity index (χ1) is 9.09. The summed E-state index contributed by atoms with van der Waals surface area (Å²) in [5.41, 5.74) is 5.95. The fourth-order valence-corrected chi connectivity index (χ4v) is 2.49. The zero-order valence-corrected chi connectivity index (χ0v) is 11.3. The van der Waals surface area contributed by atoms with E-state index in [1.165, 1.54) is 0 Å². The van der Waals surface area contributed by atoms with Gasteiger partial charge in [0.1, 0.15) is 5.75 Å². The Labute approximate surface area is 113 Å². The molecule has 1 aliphatic carbocycles. The highest BCUT2D eigenvalue weighted by Gasteiger charge is 2.42. The van der Waals surface area contributed by atoms with Crippen LogP contribution in [-0.2, 0) is 11.2 Å². The van der Waals surface area contributed by atoms with Gasteiger partial charge in [0, 0.05) is 6.54 Å². The van der Waals surface area contributed by atoms with Crippen LogP contribution in [0, 0.1) is 11.3 Å². The molecule has 1 aliphatic rings. The number of carboxylic acids is 1. The number of hydrogen-bond acceptors (Lipinski definition) is 3. The lowest BCUT2D eigenvalue weighted by molar-refractivity contribution is -0.149. The predicted molar refractivity (Wildman–Crippen MR) is 73.2 cm³/mol. The van der Waals surface area contributed by atoms with E-state index < -0.39 is 11.4 Å². The van der Waals surface area contributed by atoms with Gasteiger partial charge in [-0.05, 0) is 36.5 Å². The van der Waals surface area contributed by atoms with Crippen molar-refractivity contribution in [1.29, 1.82) is 0 Å². The zero-order valence-electron chi connectivity index (χ0n) is 11.3. The van der Waals surface area contributed by atoms with E-state index in [2.05, 4.69) is 0 Å². The lowest BCUT2D eigenvalue weighted by Gasteiger charge is -2.28. The number of rotatable bonds is 7. The minimum absolute atomic E-state index is 0.185. The molecule has 0 aliphatic heterocycles. The van der Waals surface area contributed by atoms with Crippen molar-refractivity contribution in [3.8, 4) is 5.75 Å². The summed E-state index contributed by atoms with van der Waals surface area (Å²) in [6, 6.07) is 7.54. The summed E-state index contributed by atoms with van der Waals surface area (Å²) in [5, 5.41) is 9.56. The van der Waals surface area contributed by atoms with E-state index in [0.29, 0.717) is 18.8 Å². The molecule has 2 rings (SSSR count). The van der Waals surface area contributed by atoms with E-state index in [1.54, 1.807) is 7.11 Å². The fraction of sp³-hybridized carbons (Fsp3) is 0.533. The van der Waals surface area contributed by atoms with Gasteiger partial charge in [-0.1, -0.05) is 25.0 Å². The molecular formula is C15H21NO3. The second kappa shape index (κ2) is 5.61. The normalized spacial score (nSPS) is 17.8. The van der Waals surface area contributed by atoms with Crippen LogP contribution in [0.15, 0.2) is 24.3 Å². The number of ether oxygens (including phenoxy) is 1. The molecule has 3 N–H and O–H groups in total. The number of carboxylic acid groups (broad SMARTS) is 1. The Bertz CT molecular complexity index is 439. The second-order valence-corrected chi connectivity index (χ2v) is 5.46. The highest BCUT2D eigenvalue weighted by molar-refractivity contribution is 5.75. The molecule has 0 radical (unpaired) electrons. The van der Waals surface area contributed by atoms with Gasteiger partial charge < -0.3 is 15.6 Å². The summed E-state index contributed by atoms with van der Waals surface area (Å²) in [6.07, 6.45) is 3.44. The SMILES string of the molecule is COc1ccc(CC(CN)(CC2CC2)C(=O)O)cc1. The molecule has 19 heavy (non-hydrogen) atoms. The summed E-state index contributed by atoms with van der Waals surface area (Å²) in [4.78, 5) is 11.6. The Morgan fingerprint density at radius 3 is 2.47 bits per heavy atom. The molecule has 0 heterocycles. The van der Waals surface area contributed by atoms with Crippen LogP contribution in [-0.4, -0.2) is 24.7 Å². The van der Waals surface area contributed by atoms with Crippen LogP contribution < -0.4 is 10.5 Å². The number of carbonyl (C=O) groups is 1. The minimum atomic E-state index is -0.824. The third kappa shape index (κ3) is 3.26. The molecule has 1 aromatic carbocycles. The third-order valence-electron chi connectivity index (χ3n) is 3.92. The zero-order chi connectivity index (χ0) is 13.9. The molecule has 1 atom stereocenters. The molecule has 1 fully saturated rings. The van der Waals surface area contributed by atoms with Crippen LogP contribution in [0.2, 0.25) is 0 Å². The molecular weight excluding hydrogens is 242 g/mol. The number of nitrogens with two attached hydrogens (primary N) is 1. The Morgan fingerprint density at radius 2 is 2.05 bits per heavy atom. The topological polar surface area (TPSA) is 72.5 Å². The molecule has 1 unspecified atom stereocenters. The number of methoxy groups -OCH3 is 1. The van der Waals surface area contributed by atoms with Crippen LogP contribution in [0.5, 0.6) is 5.75 Å². The Kier molecular flexibility index (Phi) is 4.10. The first-order valence-corrected chi connectivity index (χ1v) is 6.66. The summed E-state index contributed by atoms with van der Waals surface area (Å²) >= 11 is 0. The maximum absolute atomic E-state index is 11.6. The summed E-state index contributed by atoms with van der Waals surface area (Å²) in [7, 11) is 1.61. The molecule has 0 bridgehead atoms. The highest BCUT2D eigenvalue weighted by atomic mass is 16.5. The first-order valence-electron chi connectivity index (χ1n) is 6.66. The van der Waals surface area contributed by atoms with Gasteiger partial charge >= 0.3 is 5.97 Å². The first kappa shape index (κ1) is 13.9. The van der Waals surface area contributed by atoms with Gasteiger partial charge in [-0.3, -0.25) is 4.79 Å². The quantitative estimate of drug-likeness (QED) is 0.790. The lowest BCUT2D eigenvalue weighted by atomic mass is 9.77. The van der Waals surface area contributed by atoms with E-state index in [1.807, 2.05) is 24.3 Å². The van der Waals surface area contributed by atoms with Crippen molar-refractivity contribution in [1.82, 2.24) is 0 Å². The van der Waals surface area contributed by atoms with Crippen molar-refractivity contribution < 1.29 is 14.6 Å². The van der Waals surface area contributed by atoms with E-state index in [9.17, 15) is 9.90 Å². The molecule has 0 spiro atoms. The monoisotopic (exact) mass is 263 g/mol. The van der Waals surface area contributed by atoms with Gasteiger partial charge in [-0.2, -0.15) is 0 Å². The molecule has 1 saturated carbocycles. The summed E-state index contributed by atoms with van der Waals surface area (Å²) in [6.45, 7) is 0.185. The van der Waals surface area contributed by atoms with Crippen LogP contribution in [0.25, 0.3) is 0 Å². The van der Waals surface area contributed by atoms with Crippen molar-refractivity contribution in [3.05, 3.63) is 29.8 Å². The van der Waals surface area contributed by atoms with Gasteiger partial charge in [-0.25, -0.2) is 0 Å². The molecule has 0 aromatic heterocycles. The highest BCUT2D eigenvalue weighted by Crippen LogP contribution is 2.42. The molecule has 4 nitrogen and oxygen atoms in total. The Morgan fingerprint density at radius 1 is 1.42 bits per heavy atom. The number of hydrogen-bond donors (Lipinski definition) is 2. The largest absolute Gasteiger partial charge is 0.497 e. The standard InChI is InChI=1S/C15H21NO3/c1-19-13-6-4-12(5-7-13)9-15(10-16,14(17)18)8-11-2-3-11/h4-7,11H,2-3,8-10,16H2,1H3,(H,17,18). The second-order valence-electron chi connectivity index (χ2n) is 5.46. The van der Waals surface area contributed by atoms with Crippen LogP contribution in [0.4, 0.5) is 0 Å². The Balaban J connectivity index is 2.15. The van der Waals surface area contributed by atoms with Crippen molar-refractivity contribution >= 4 is 5.97 Å². The van der Waals surface area contributed by atoms with Crippen molar-refractivity contribution in [2.24, 2.45) is 17.1 Å². The predicted octanol–water partition coefficient (Wildman–Crippen LogP) is 2.07. The van der Waals surface area contributed by atoms with E-state index in [0.717, 1.165) is 24.2 Å². The molecule has 4 heteroatoms. The van der Waals surface area contributed by atoms with Crippen molar-refractivity contribution in [3.63, 3.8) is 0 Å². The van der Waals surface area contributed by atoms with Gasteiger partial charge in [0.15, 0.2) is 0 Å². The average molecular weight is 263 g/mol. The van der Waals surface area contributed by atoms with Crippen molar-refractivity contribution in [2.75, 3.05) is 13.7 Å². The average Bonchev–Trinajstić information content (AvgIpc) is 3.22. The maximum Gasteiger partial charge on any atom is 0.311 e. The van der Waals surface area contributed by atoms with Gasteiger partial charge in [0.25, 0.3) is 0 Å². The van der Waals surface area contributed by atoms with E-state index >= 15 is 0 Å². The maximum atomic E-state index is 11.6. The molecule has 0 saturated heterocycles. The third-order valence-corrected chi connectivity index (χ3v) is 3.92. The van der Waals surface area contributed by atoms with E-state index in [-0.39, 0.29) is 6.54 Å². The molecule has 1 aromatic rings. The lowest BCUT2D eigenvalue weighted by Crippen LogP contribution is -2.41. The van der Waals surface area contributed by atoms with Gasteiger partial charge in [0.2, 0.25) is 0 Å². The van der Waals surface area contributed by atoms with Crippen molar-refractivity contribution in [2.45, 2.75) is 25.7 Å². The minimum Gasteiger partial charge on any atom is -0.497 e. The Hall–Kier alpha value is -1.55. The van der Waals surface area contributed by atoms with Crippen LogP contribution in [0.3, 0.4) is 0 Å². The number of benzene rings is 1. The summed E-state index contributed by atoms with van der Waals surface area (Å²) < 4.78 is 5.11. The molecule has 0 amide bonds. The van der Waals surface area contributed by atoms with Crippen LogP contribution >= 0.6 is 0 Å². The summed E-state index contributed by atoms with van der Waals surface area (Å²) in [5.74, 6) is 0.537. The number of aliphatic carboxylic acids is 1. The molecule has 104 valence electrons. The van der Waals surface area contributed by atoms with Gasteiger partial charge in [0.05, 0.1) is 12.5 Å². The fourth-order valence-electron chi connectivity index (χ4n) is 2.49. The van der Waals surface area contributed by atoms with Gasteiger partial charge in [-0.15, -0.1) is 0 Å². The smallest absolute Gasteiger partial charge is 0.311 e. The van der Waals surface area contributed by atoms with Crippen LogP contribution in [0.1, 0.15) is 24.8 Å².